The van der Waals surface area contributed by atoms with Gasteiger partial charge in [0, 0.05) is 19.3 Å². The molecule has 1 fully saturated rings. The molecular formula is C13H23N3. The van der Waals surface area contributed by atoms with Crippen molar-refractivity contribution in [2.75, 3.05) is 6.54 Å². The molecule has 1 N–H and O–H groups in total. The first-order valence-corrected chi connectivity index (χ1v) is 6.52. The summed E-state index contributed by atoms with van der Waals surface area (Å²) < 4.78 is 2.00. The van der Waals surface area contributed by atoms with E-state index in [9.17, 15) is 0 Å². The van der Waals surface area contributed by atoms with Crippen molar-refractivity contribution in [2.45, 2.75) is 45.1 Å². The predicted octanol–water partition coefficient (Wildman–Crippen LogP) is 2.65. The van der Waals surface area contributed by atoms with Gasteiger partial charge in [0.05, 0.1) is 5.69 Å². The van der Waals surface area contributed by atoms with Crippen molar-refractivity contribution in [1.82, 2.24) is 15.1 Å². The molecule has 0 saturated heterocycles. The number of nitrogens with zero attached hydrogens (tertiary/aromatic N) is 2. The Balaban J connectivity index is 1.92. The van der Waals surface area contributed by atoms with Crippen LogP contribution in [0, 0.1) is 5.92 Å². The third-order valence-corrected chi connectivity index (χ3v) is 3.42. The smallest absolute Gasteiger partial charge is 0.0550 e. The van der Waals surface area contributed by atoms with Gasteiger partial charge in [0.1, 0.15) is 0 Å². The van der Waals surface area contributed by atoms with Gasteiger partial charge in [-0.1, -0.05) is 19.8 Å². The van der Waals surface area contributed by atoms with Gasteiger partial charge in [-0.2, -0.15) is 5.10 Å². The zero-order valence-corrected chi connectivity index (χ0v) is 10.4. The van der Waals surface area contributed by atoms with Crippen LogP contribution in [0.15, 0.2) is 12.3 Å². The first-order chi connectivity index (χ1) is 7.81. The molecule has 1 unspecified atom stereocenters. The SMILES string of the molecule is CCCNC(CCC1CC1)c1ccnn1C. The topological polar surface area (TPSA) is 29.9 Å². The van der Waals surface area contributed by atoms with E-state index in [4.69, 9.17) is 0 Å². The van der Waals surface area contributed by atoms with E-state index < -0.39 is 0 Å². The molecule has 2 rings (SSSR count). The molecule has 3 heteroatoms. The Labute approximate surface area is 98.2 Å². The Morgan fingerprint density at radius 3 is 2.94 bits per heavy atom. The second kappa shape index (κ2) is 5.48. The highest BCUT2D eigenvalue weighted by Gasteiger charge is 2.23. The fourth-order valence-electron chi connectivity index (χ4n) is 2.21. The molecule has 0 aromatic carbocycles. The quantitative estimate of drug-likeness (QED) is 0.767. The van der Waals surface area contributed by atoms with E-state index in [2.05, 4.69) is 23.4 Å². The Kier molecular flexibility index (Phi) is 3.99. The van der Waals surface area contributed by atoms with Crippen LogP contribution < -0.4 is 5.32 Å². The minimum absolute atomic E-state index is 0.494. The maximum atomic E-state index is 4.26. The normalized spacial score (nSPS) is 17.6. The number of hydrogen-bond donors (Lipinski definition) is 1. The van der Waals surface area contributed by atoms with Gasteiger partial charge in [-0.05, 0) is 37.8 Å². The zero-order valence-electron chi connectivity index (χ0n) is 10.4. The summed E-state index contributed by atoms with van der Waals surface area (Å²) in [6.07, 6.45) is 8.61. The van der Waals surface area contributed by atoms with Gasteiger partial charge in [-0.15, -0.1) is 0 Å². The molecule has 3 nitrogen and oxygen atoms in total. The standard InChI is InChI=1S/C13H23N3/c1-3-9-14-12(7-6-11-4-5-11)13-8-10-15-16(13)2/h8,10-12,14H,3-7,9H2,1-2H3. The molecule has 1 aromatic heterocycles. The highest BCUT2D eigenvalue weighted by Crippen LogP contribution is 2.35. The Bertz CT molecular complexity index is 315. The van der Waals surface area contributed by atoms with Crippen LogP contribution in [0.25, 0.3) is 0 Å². The van der Waals surface area contributed by atoms with E-state index in [1.54, 1.807) is 0 Å². The molecule has 0 spiro atoms. The van der Waals surface area contributed by atoms with Crippen molar-refractivity contribution in [3.05, 3.63) is 18.0 Å². The average molecular weight is 221 g/mol. The summed E-state index contributed by atoms with van der Waals surface area (Å²) in [6.45, 7) is 3.31. The largest absolute Gasteiger partial charge is 0.309 e. The van der Waals surface area contributed by atoms with Crippen molar-refractivity contribution in [1.29, 1.82) is 0 Å². The maximum absolute atomic E-state index is 4.26. The van der Waals surface area contributed by atoms with Gasteiger partial charge >= 0.3 is 0 Å². The molecule has 1 atom stereocenters. The molecular weight excluding hydrogens is 198 g/mol. The minimum Gasteiger partial charge on any atom is -0.309 e. The third kappa shape index (κ3) is 3.08. The fourth-order valence-corrected chi connectivity index (χ4v) is 2.21. The van der Waals surface area contributed by atoms with Crippen LogP contribution in [0.5, 0.6) is 0 Å². The second-order valence-electron chi connectivity index (χ2n) is 4.91. The van der Waals surface area contributed by atoms with Gasteiger partial charge in [0.2, 0.25) is 0 Å². The Morgan fingerprint density at radius 1 is 1.56 bits per heavy atom. The highest BCUT2D eigenvalue weighted by molar-refractivity contribution is 5.06. The molecule has 1 aromatic rings. The average Bonchev–Trinajstić information content (AvgIpc) is 3.02. The van der Waals surface area contributed by atoms with Crippen LogP contribution in [-0.2, 0) is 7.05 Å². The number of rotatable bonds is 7. The highest BCUT2D eigenvalue weighted by atomic mass is 15.3. The van der Waals surface area contributed by atoms with E-state index in [-0.39, 0.29) is 0 Å². The zero-order chi connectivity index (χ0) is 11.4. The summed E-state index contributed by atoms with van der Waals surface area (Å²) in [4.78, 5) is 0. The summed E-state index contributed by atoms with van der Waals surface area (Å²) >= 11 is 0. The monoisotopic (exact) mass is 221 g/mol. The summed E-state index contributed by atoms with van der Waals surface area (Å²) in [5, 5.41) is 7.90. The number of hydrogen-bond acceptors (Lipinski definition) is 2. The lowest BCUT2D eigenvalue weighted by molar-refractivity contribution is 0.444. The van der Waals surface area contributed by atoms with Crippen LogP contribution in [0.3, 0.4) is 0 Å². The van der Waals surface area contributed by atoms with Crippen molar-refractivity contribution < 1.29 is 0 Å². The lowest BCUT2D eigenvalue weighted by atomic mass is 10.1. The molecule has 0 aliphatic heterocycles. The van der Waals surface area contributed by atoms with Gasteiger partial charge in [-0.3, -0.25) is 4.68 Å². The van der Waals surface area contributed by atoms with Crippen molar-refractivity contribution in [2.24, 2.45) is 13.0 Å². The van der Waals surface area contributed by atoms with Gasteiger partial charge in [0.15, 0.2) is 0 Å². The Morgan fingerprint density at radius 2 is 2.38 bits per heavy atom. The van der Waals surface area contributed by atoms with E-state index in [1.807, 2.05) is 17.9 Å². The van der Waals surface area contributed by atoms with Crippen molar-refractivity contribution >= 4 is 0 Å². The van der Waals surface area contributed by atoms with Gasteiger partial charge in [0.25, 0.3) is 0 Å². The molecule has 90 valence electrons. The molecule has 1 saturated carbocycles. The summed E-state index contributed by atoms with van der Waals surface area (Å²) in [6, 6.07) is 2.63. The minimum atomic E-state index is 0.494. The number of aryl methyl sites for hydroxylation is 1. The van der Waals surface area contributed by atoms with Crippen LogP contribution in [0.4, 0.5) is 0 Å². The lowest BCUT2D eigenvalue weighted by Gasteiger charge is -2.18. The molecule has 0 bridgehead atoms. The van der Waals surface area contributed by atoms with Crippen LogP contribution in [-0.4, -0.2) is 16.3 Å². The van der Waals surface area contributed by atoms with Crippen molar-refractivity contribution in [3.63, 3.8) is 0 Å². The van der Waals surface area contributed by atoms with E-state index >= 15 is 0 Å². The molecule has 1 heterocycles. The van der Waals surface area contributed by atoms with Crippen LogP contribution in [0.1, 0.15) is 50.8 Å². The van der Waals surface area contributed by atoms with Gasteiger partial charge in [-0.25, -0.2) is 0 Å². The number of aromatic nitrogens is 2. The first-order valence-electron chi connectivity index (χ1n) is 6.52. The number of nitrogens with one attached hydrogen (secondary N) is 1. The van der Waals surface area contributed by atoms with E-state index in [0.717, 1.165) is 12.5 Å². The van der Waals surface area contributed by atoms with E-state index in [1.165, 1.54) is 37.8 Å². The van der Waals surface area contributed by atoms with E-state index in [0.29, 0.717) is 6.04 Å². The van der Waals surface area contributed by atoms with Gasteiger partial charge < -0.3 is 5.32 Å². The predicted molar refractivity (Wildman–Crippen MR) is 66.2 cm³/mol. The second-order valence-corrected chi connectivity index (χ2v) is 4.91. The molecule has 0 radical (unpaired) electrons. The third-order valence-electron chi connectivity index (χ3n) is 3.42. The lowest BCUT2D eigenvalue weighted by Crippen LogP contribution is -2.24. The first kappa shape index (κ1) is 11.6. The Hall–Kier alpha value is -0.830. The molecule has 1 aliphatic rings. The summed E-state index contributed by atoms with van der Waals surface area (Å²) in [5.41, 5.74) is 1.33. The fraction of sp³-hybridized carbons (Fsp3) is 0.769. The van der Waals surface area contributed by atoms with Crippen molar-refractivity contribution in [3.8, 4) is 0 Å². The maximum Gasteiger partial charge on any atom is 0.0550 e. The van der Waals surface area contributed by atoms with Crippen LogP contribution in [0.2, 0.25) is 0 Å². The van der Waals surface area contributed by atoms with Crippen LogP contribution >= 0.6 is 0 Å². The molecule has 16 heavy (non-hydrogen) atoms. The molecule has 0 amide bonds. The summed E-state index contributed by atoms with van der Waals surface area (Å²) in [7, 11) is 2.03. The summed E-state index contributed by atoms with van der Waals surface area (Å²) in [5.74, 6) is 1.01. The molecule has 1 aliphatic carbocycles.